The van der Waals surface area contributed by atoms with E-state index in [0.29, 0.717) is 0 Å². The van der Waals surface area contributed by atoms with Crippen molar-refractivity contribution in [3.63, 3.8) is 0 Å². The zero-order valence-corrected chi connectivity index (χ0v) is 10.6. The van der Waals surface area contributed by atoms with E-state index in [0.717, 1.165) is 5.56 Å². The Morgan fingerprint density at radius 3 is 2.67 bits per heavy atom. The van der Waals surface area contributed by atoms with Crippen LogP contribution in [-0.4, -0.2) is 32.8 Å². The molecule has 0 aliphatic heterocycles. The van der Waals surface area contributed by atoms with Crippen LogP contribution in [0, 0.1) is 5.92 Å². The number of nitrogens with zero attached hydrogens (tertiary/aromatic N) is 2. The van der Waals surface area contributed by atoms with Crippen molar-refractivity contribution in [1.82, 2.24) is 15.1 Å². The highest BCUT2D eigenvalue weighted by Crippen LogP contribution is 2.03. The van der Waals surface area contributed by atoms with Crippen LogP contribution in [0.3, 0.4) is 0 Å². The standard InChI is InChI=1S/C12H17N3O3/c1-8(12(17)18)9(2)14-11(16)5-4-10-6-13-15(3)7-10/h4-9H,1-3H3,(H,14,16)(H,17,18)/b5-4+. The molecule has 0 bridgehead atoms. The molecule has 18 heavy (non-hydrogen) atoms. The Labute approximate surface area is 105 Å². The van der Waals surface area contributed by atoms with Crippen LogP contribution in [-0.2, 0) is 16.6 Å². The topological polar surface area (TPSA) is 84.2 Å². The fourth-order valence-electron chi connectivity index (χ4n) is 1.31. The summed E-state index contributed by atoms with van der Waals surface area (Å²) >= 11 is 0. The molecule has 2 atom stereocenters. The van der Waals surface area contributed by atoms with E-state index < -0.39 is 17.9 Å². The quantitative estimate of drug-likeness (QED) is 0.753. The van der Waals surface area contributed by atoms with Gasteiger partial charge in [-0.25, -0.2) is 0 Å². The Morgan fingerprint density at radius 2 is 2.17 bits per heavy atom. The number of carbonyl (C=O) groups excluding carboxylic acids is 1. The zero-order valence-electron chi connectivity index (χ0n) is 10.6. The van der Waals surface area contributed by atoms with E-state index >= 15 is 0 Å². The van der Waals surface area contributed by atoms with Crippen molar-refractivity contribution in [3.8, 4) is 0 Å². The van der Waals surface area contributed by atoms with Gasteiger partial charge < -0.3 is 10.4 Å². The number of amides is 1. The third kappa shape index (κ3) is 4.04. The number of rotatable bonds is 5. The second-order valence-corrected chi connectivity index (χ2v) is 4.20. The third-order valence-corrected chi connectivity index (χ3v) is 2.66. The third-order valence-electron chi connectivity index (χ3n) is 2.66. The molecule has 0 fully saturated rings. The summed E-state index contributed by atoms with van der Waals surface area (Å²) in [6, 6.07) is -0.423. The average molecular weight is 251 g/mol. The molecule has 0 saturated carbocycles. The van der Waals surface area contributed by atoms with Crippen LogP contribution in [0.2, 0.25) is 0 Å². The molecule has 0 aromatic carbocycles. The highest BCUT2D eigenvalue weighted by molar-refractivity contribution is 5.92. The minimum Gasteiger partial charge on any atom is -0.481 e. The van der Waals surface area contributed by atoms with Crippen molar-refractivity contribution >= 4 is 18.0 Å². The molecule has 1 rings (SSSR count). The van der Waals surface area contributed by atoms with Crippen LogP contribution in [0.4, 0.5) is 0 Å². The Balaban J connectivity index is 2.51. The van der Waals surface area contributed by atoms with Gasteiger partial charge in [-0.15, -0.1) is 0 Å². The Kier molecular flexibility index (Phi) is 4.65. The van der Waals surface area contributed by atoms with Gasteiger partial charge in [-0.2, -0.15) is 5.10 Å². The normalized spacial score (nSPS) is 14.4. The van der Waals surface area contributed by atoms with Gasteiger partial charge in [0.1, 0.15) is 0 Å². The Morgan fingerprint density at radius 1 is 1.50 bits per heavy atom. The monoisotopic (exact) mass is 251 g/mol. The van der Waals surface area contributed by atoms with Crippen LogP contribution < -0.4 is 5.32 Å². The molecular formula is C12H17N3O3. The first-order valence-electron chi connectivity index (χ1n) is 5.60. The van der Waals surface area contributed by atoms with Gasteiger partial charge >= 0.3 is 5.97 Å². The van der Waals surface area contributed by atoms with E-state index in [2.05, 4.69) is 10.4 Å². The van der Waals surface area contributed by atoms with Gasteiger partial charge in [-0.3, -0.25) is 14.3 Å². The van der Waals surface area contributed by atoms with E-state index in [1.165, 1.54) is 6.08 Å². The number of hydrogen-bond acceptors (Lipinski definition) is 3. The first kappa shape index (κ1) is 14.0. The molecule has 0 spiro atoms. The second kappa shape index (κ2) is 6.00. The molecule has 6 heteroatoms. The largest absolute Gasteiger partial charge is 0.481 e. The number of carboxylic acid groups (broad SMARTS) is 1. The maximum absolute atomic E-state index is 11.5. The van der Waals surface area contributed by atoms with E-state index in [4.69, 9.17) is 5.11 Å². The summed E-state index contributed by atoms with van der Waals surface area (Å²) in [6.45, 7) is 3.21. The summed E-state index contributed by atoms with van der Waals surface area (Å²) < 4.78 is 1.63. The Hall–Kier alpha value is -2.11. The number of carboxylic acids is 1. The molecule has 1 aromatic rings. The summed E-state index contributed by atoms with van der Waals surface area (Å²) in [7, 11) is 1.79. The molecule has 1 amide bonds. The number of aliphatic carboxylic acids is 1. The molecule has 6 nitrogen and oxygen atoms in total. The lowest BCUT2D eigenvalue weighted by molar-refractivity contribution is -0.142. The van der Waals surface area contributed by atoms with E-state index in [-0.39, 0.29) is 5.91 Å². The first-order chi connectivity index (χ1) is 8.40. The van der Waals surface area contributed by atoms with Crippen LogP contribution in [0.1, 0.15) is 19.4 Å². The molecule has 2 N–H and O–H groups in total. The van der Waals surface area contributed by atoms with Gasteiger partial charge in [0.2, 0.25) is 5.91 Å². The van der Waals surface area contributed by atoms with Gasteiger partial charge in [0, 0.05) is 30.9 Å². The van der Waals surface area contributed by atoms with Gasteiger partial charge in [0.05, 0.1) is 12.1 Å². The predicted octanol–water partition coefficient (Wildman–Crippen LogP) is 0.659. The van der Waals surface area contributed by atoms with Crippen LogP contribution in [0.25, 0.3) is 6.08 Å². The number of nitrogens with one attached hydrogen (secondary N) is 1. The fraction of sp³-hybridized carbons (Fsp3) is 0.417. The minimum atomic E-state index is -0.931. The molecule has 98 valence electrons. The average Bonchev–Trinajstić information content (AvgIpc) is 2.71. The van der Waals surface area contributed by atoms with E-state index in [1.807, 2.05) is 0 Å². The van der Waals surface area contributed by atoms with Crippen molar-refractivity contribution in [2.75, 3.05) is 0 Å². The molecule has 0 radical (unpaired) electrons. The number of carbonyl (C=O) groups is 2. The van der Waals surface area contributed by atoms with Gasteiger partial charge in [0.25, 0.3) is 0 Å². The van der Waals surface area contributed by atoms with Crippen molar-refractivity contribution in [2.24, 2.45) is 13.0 Å². The van der Waals surface area contributed by atoms with Crippen molar-refractivity contribution in [2.45, 2.75) is 19.9 Å². The molecule has 1 heterocycles. The Bertz CT molecular complexity index is 465. The molecule has 0 aliphatic rings. The van der Waals surface area contributed by atoms with Gasteiger partial charge in [0.15, 0.2) is 0 Å². The predicted molar refractivity (Wildman–Crippen MR) is 66.6 cm³/mol. The fourth-order valence-corrected chi connectivity index (χ4v) is 1.31. The summed E-state index contributed by atoms with van der Waals surface area (Å²) in [5.41, 5.74) is 0.812. The molecule has 1 aromatic heterocycles. The lowest BCUT2D eigenvalue weighted by atomic mass is 10.0. The van der Waals surface area contributed by atoms with Crippen LogP contribution >= 0.6 is 0 Å². The second-order valence-electron chi connectivity index (χ2n) is 4.20. The smallest absolute Gasteiger partial charge is 0.308 e. The lowest BCUT2D eigenvalue weighted by Gasteiger charge is -2.16. The molecule has 0 saturated heterocycles. The van der Waals surface area contributed by atoms with Gasteiger partial charge in [-0.1, -0.05) is 0 Å². The highest BCUT2D eigenvalue weighted by atomic mass is 16.4. The zero-order chi connectivity index (χ0) is 13.7. The number of aryl methyl sites for hydroxylation is 1. The first-order valence-corrected chi connectivity index (χ1v) is 5.60. The number of hydrogen-bond donors (Lipinski definition) is 2. The summed E-state index contributed by atoms with van der Waals surface area (Å²) in [5.74, 6) is -1.88. The maximum Gasteiger partial charge on any atom is 0.308 e. The van der Waals surface area contributed by atoms with E-state index in [1.54, 1.807) is 44.0 Å². The SMILES string of the molecule is CC(NC(=O)/C=C/c1cnn(C)c1)C(C)C(=O)O. The van der Waals surface area contributed by atoms with Crippen LogP contribution in [0.5, 0.6) is 0 Å². The van der Waals surface area contributed by atoms with Gasteiger partial charge in [-0.05, 0) is 19.9 Å². The van der Waals surface area contributed by atoms with E-state index in [9.17, 15) is 9.59 Å². The highest BCUT2D eigenvalue weighted by Gasteiger charge is 2.19. The van der Waals surface area contributed by atoms with Crippen molar-refractivity contribution in [1.29, 1.82) is 0 Å². The number of aromatic nitrogens is 2. The minimum absolute atomic E-state index is 0.320. The lowest BCUT2D eigenvalue weighted by Crippen LogP contribution is -2.39. The summed E-state index contributed by atoms with van der Waals surface area (Å²) in [4.78, 5) is 22.3. The summed E-state index contributed by atoms with van der Waals surface area (Å²) in [6.07, 6.45) is 6.39. The van der Waals surface area contributed by atoms with Crippen molar-refractivity contribution in [3.05, 3.63) is 24.0 Å². The van der Waals surface area contributed by atoms with Crippen molar-refractivity contribution < 1.29 is 14.7 Å². The maximum atomic E-state index is 11.5. The molecule has 0 aliphatic carbocycles. The van der Waals surface area contributed by atoms with Crippen LogP contribution in [0.15, 0.2) is 18.5 Å². The summed E-state index contributed by atoms with van der Waals surface area (Å²) in [5, 5.41) is 15.4. The molecular weight excluding hydrogens is 234 g/mol. The molecule has 2 unspecified atom stereocenters.